The van der Waals surface area contributed by atoms with Crippen molar-refractivity contribution in [2.45, 2.75) is 19.4 Å². The van der Waals surface area contributed by atoms with E-state index in [2.05, 4.69) is 29.3 Å². The number of hydrogen-bond donors (Lipinski definition) is 2. The quantitative estimate of drug-likeness (QED) is 0.814. The summed E-state index contributed by atoms with van der Waals surface area (Å²) in [6, 6.07) is 8.28. The Morgan fingerprint density at radius 2 is 1.95 bits per heavy atom. The minimum absolute atomic E-state index is 0.0818. The number of rotatable bonds is 6. The van der Waals surface area contributed by atoms with Gasteiger partial charge in [-0.2, -0.15) is 0 Å². The Labute approximate surface area is 115 Å². The number of hydrogen-bond acceptors (Lipinski definition) is 4. The predicted molar refractivity (Wildman–Crippen MR) is 78.5 cm³/mol. The van der Waals surface area contributed by atoms with Crippen molar-refractivity contribution in [2.75, 3.05) is 39.3 Å². The van der Waals surface area contributed by atoms with Gasteiger partial charge in [-0.1, -0.05) is 19.1 Å². The van der Waals surface area contributed by atoms with Gasteiger partial charge >= 0.3 is 0 Å². The zero-order valence-electron chi connectivity index (χ0n) is 11.8. The van der Waals surface area contributed by atoms with E-state index in [1.54, 1.807) is 0 Å². The summed E-state index contributed by atoms with van der Waals surface area (Å²) in [6.07, 6.45) is 1.03. The summed E-state index contributed by atoms with van der Waals surface area (Å²) in [7, 11) is 0. The first kappa shape index (κ1) is 14.3. The molecule has 3 N–H and O–H groups in total. The van der Waals surface area contributed by atoms with Crippen molar-refractivity contribution < 1.29 is 4.74 Å². The number of benzene rings is 1. The molecule has 0 aliphatic carbocycles. The summed E-state index contributed by atoms with van der Waals surface area (Å²) < 4.78 is 5.58. The molecule has 4 heteroatoms. The van der Waals surface area contributed by atoms with Crippen LogP contribution in [0.15, 0.2) is 24.3 Å². The average Bonchev–Trinajstić information content (AvgIpc) is 2.46. The maximum Gasteiger partial charge on any atom is 0.119 e. The van der Waals surface area contributed by atoms with Crippen LogP contribution in [0, 0.1) is 0 Å². The number of nitrogens with two attached hydrogens (primary N) is 1. The van der Waals surface area contributed by atoms with E-state index in [-0.39, 0.29) is 6.04 Å². The lowest BCUT2D eigenvalue weighted by atomic mass is 10.1. The van der Waals surface area contributed by atoms with Crippen molar-refractivity contribution in [3.8, 4) is 5.75 Å². The second-order valence-electron chi connectivity index (χ2n) is 5.07. The van der Waals surface area contributed by atoms with Gasteiger partial charge in [0.25, 0.3) is 0 Å². The lowest BCUT2D eigenvalue weighted by Crippen LogP contribution is -2.45. The minimum atomic E-state index is 0.0818. The van der Waals surface area contributed by atoms with E-state index in [4.69, 9.17) is 10.5 Å². The lowest BCUT2D eigenvalue weighted by molar-refractivity contribution is 0.228. The molecule has 1 aliphatic heterocycles. The third kappa shape index (κ3) is 4.49. The molecule has 19 heavy (non-hydrogen) atoms. The highest BCUT2D eigenvalue weighted by Crippen LogP contribution is 2.17. The molecule has 0 saturated carbocycles. The number of nitrogens with one attached hydrogen (secondary N) is 1. The van der Waals surface area contributed by atoms with Crippen LogP contribution >= 0.6 is 0 Å². The van der Waals surface area contributed by atoms with Crippen LogP contribution in [-0.4, -0.2) is 44.2 Å². The molecule has 1 saturated heterocycles. The maximum absolute atomic E-state index is 6.27. The van der Waals surface area contributed by atoms with Gasteiger partial charge in [0, 0.05) is 38.8 Å². The van der Waals surface area contributed by atoms with Gasteiger partial charge in [-0.3, -0.25) is 4.90 Å². The normalized spacial score (nSPS) is 18.2. The third-order valence-electron chi connectivity index (χ3n) is 3.45. The van der Waals surface area contributed by atoms with Crippen molar-refractivity contribution in [1.82, 2.24) is 10.2 Å². The van der Waals surface area contributed by atoms with Gasteiger partial charge in [0.1, 0.15) is 5.75 Å². The smallest absolute Gasteiger partial charge is 0.119 e. The van der Waals surface area contributed by atoms with Gasteiger partial charge in [0.15, 0.2) is 0 Å². The van der Waals surface area contributed by atoms with Gasteiger partial charge in [0.2, 0.25) is 0 Å². The van der Waals surface area contributed by atoms with Crippen LogP contribution in [0.4, 0.5) is 0 Å². The molecule has 4 nitrogen and oxygen atoms in total. The first-order valence-electron chi connectivity index (χ1n) is 7.21. The van der Waals surface area contributed by atoms with E-state index >= 15 is 0 Å². The van der Waals surface area contributed by atoms with Crippen molar-refractivity contribution in [3.63, 3.8) is 0 Å². The van der Waals surface area contributed by atoms with Crippen LogP contribution in [0.25, 0.3) is 0 Å². The molecule has 1 aromatic rings. The Hall–Kier alpha value is -1.10. The molecule has 1 fully saturated rings. The summed E-state index contributed by atoms with van der Waals surface area (Å²) >= 11 is 0. The van der Waals surface area contributed by atoms with Crippen LogP contribution in [-0.2, 0) is 0 Å². The van der Waals surface area contributed by atoms with Crippen molar-refractivity contribution in [1.29, 1.82) is 0 Å². The molecular weight excluding hydrogens is 238 g/mol. The van der Waals surface area contributed by atoms with E-state index in [0.29, 0.717) is 0 Å². The summed E-state index contributed by atoms with van der Waals surface area (Å²) in [6.45, 7) is 8.12. The van der Waals surface area contributed by atoms with Gasteiger partial charge in [-0.05, 0) is 24.1 Å². The van der Waals surface area contributed by atoms with Crippen molar-refractivity contribution in [2.24, 2.45) is 5.73 Å². The van der Waals surface area contributed by atoms with Crippen LogP contribution in [0.3, 0.4) is 0 Å². The monoisotopic (exact) mass is 263 g/mol. The fraction of sp³-hybridized carbons (Fsp3) is 0.600. The molecule has 0 aromatic heterocycles. The molecule has 2 rings (SSSR count). The standard InChI is InChI=1S/C15H25N3O/c1-2-11-19-14-5-3-13(4-6-14)15(16)12-18-9-7-17-8-10-18/h3-6,15,17H,2,7-12,16H2,1H3. The predicted octanol–water partition coefficient (Wildman–Crippen LogP) is 1.38. The Morgan fingerprint density at radius 3 is 2.58 bits per heavy atom. The van der Waals surface area contributed by atoms with Crippen molar-refractivity contribution in [3.05, 3.63) is 29.8 Å². The first-order valence-corrected chi connectivity index (χ1v) is 7.21. The SMILES string of the molecule is CCCOc1ccc(C(N)CN2CCNCC2)cc1. The third-order valence-corrected chi connectivity index (χ3v) is 3.45. The van der Waals surface area contributed by atoms with Gasteiger partial charge in [0.05, 0.1) is 6.61 Å². The largest absolute Gasteiger partial charge is 0.494 e. The highest BCUT2D eigenvalue weighted by Gasteiger charge is 2.14. The number of nitrogens with zero attached hydrogens (tertiary/aromatic N) is 1. The summed E-state index contributed by atoms with van der Waals surface area (Å²) in [5.41, 5.74) is 7.46. The van der Waals surface area contributed by atoms with Crippen LogP contribution < -0.4 is 15.8 Å². The fourth-order valence-electron chi connectivity index (χ4n) is 2.31. The van der Waals surface area contributed by atoms with E-state index in [0.717, 1.165) is 51.5 Å². The summed E-state index contributed by atoms with van der Waals surface area (Å²) in [5, 5.41) is 3.36. The van der Waals surface area contributed by atoms with Crippen LogP contribution in [0.2, 0.25) is 0 Å². The Morgan fingerprint density at radius 1 is 1.26 bits per heavy atom. The van der Waals surface area contributed by atoms with E-state index in [1.165, 1.54) is 5.56 Å². The molecule has 0 radical (unpaired) electrons. The minimum Gasteiger partial charge on any atom is -0.494 e. The highest BCUT2D eigenvalue weighted by molar-refractivity contribution is 5.29. The average molecular weight is 263 g/mol. The molecule has 1 atom stereocenters. The molecule has 1 aliphatic rings. The first-order chi connectivity index (χ1) is 9.29. The molecule has 1 aromatic carbocycles. The zero-order valence-corrected chi connectivity index (χ0v) is 11.8. The second-order valence-corrected chi connectivity index (χ2v) is 5.07. The topological polar surface area (TPSA) is 50.5 Å². The fourth-order valence-corrected chi connectivity index (χ4v) is 2.31. The maximum atomic E-state index is 6.27. The van der Waals surface area contributed by atoms with Gasteiger partial charge in [-0.25, -0.2) is 0 Å². The van der Waals surface area contributed by atoms with Gasteiger partial charge in [-0.15, -0.1) is 0 Å². The summed E-state index contributed by atoms with van der Waals surface area (Å²) in [5.74, 6) is 0.931. The van der Waals surface area contributed by atoms with E-state index in [1.807, 2.05) is 12.1 Å². The van der Waals surface area contributed by atoms with E-state index < -0.39 is 0 Å². The van der Waals surface area contributed by atoms with E-state index in [9.17, 15) is 0 Å². The van der Waals surface area contributed by atoms with Gasteiger partial charge < -0.3 is 15.8 Å². The highest BCUT2D eigenvalue weighted by atomic mass is 16.5. The zero-order chi connectivity index (χ0) is 13.5. The number of piperazine rings is 1. The summed E-state index contributed by atoms with van der Waals surface area (Å²) in [4.78, 5) is 2.42. The lowest BCUT2D eigenvalue weighted by Gasteiger charge is -2.29. The molecule has 0 spiro atoms. The van der Waals surface area contributed by atoms with Crippen molar-refractivity contribution >= 4 is 0 Å². The molecule has 1 heterocycles. The molecular formula is C15H25N3O. The number of ether oxygens (including phenoxy) is 1. The Balaban J connectivity index is 1.85. The molecule has 0 amide bonds. The Bertz CT molecular complexity index is 360. The van der Waals surface area contributed by atoms with Crippen LogP contribution in [0.1, 0.15) is 24.9 Å². The molecule has 1 unspecified atom stereocenters. The molecule has 106 valence electrons. The second kappa shape index (κ2) is 7.48. The molecule has 0 bridgehead atoms. The Kier molecular flexibility index (Phi) is 5.63. The van der Waals surface area contributed by atoms with Crippen LogP contribution in [0.5, 0.6) is 5.75 Å².